The Kier molecular flexibility index (Phi) is 5.20. The molecule has 106 valence electrons. The van der Waals surface area contributed by atoms with Crippen LogP contribution in [-0.2, 0) is 4.79 Å². The fourth-order valence-electron chi connectivity index (χ4n) is 2.71. The van der Waals surface area contributed by atoms with Gasteiger partial charge >= 0.3 is 0 Å². The number of nitrogens with zero attached hydrogens (tertiary/aromatic N) is 1. The molecule has 3 nitrogen and oxygen atoms in total. The summed E-state index contributed by atoms with van der Waals surface area (Å²) in [6, 6.07) is 0. The van der Waals surface area contributed by atoms with Crippen LogP contribution in [0.5, 0.6) is 0 Å². The van der Waals surface area contributed by atoms with E-state index in [1.54, 1.807) is 0 Å². The highest BCUT2D eigenvalue weighted by atomic mass is 16.3. The lowest BCUT2D eigenvalue weighted by molar-refractivity contribution is -0.142. The van der Waals surface area contributed by atoms with Crippen LogP contribution in [0.4, 0.5) is 0 Å². The summed E-state index contributed by atoms with van der Waals surface area (Å²) in [7, 11) is 0. The van der Waals surface area contributed by atoms with Crippen LogP contribution in [0.1, 0.15) is 53.9 Å². The highest BCUT2D eigenvalue weighted by Gasteiger charge is 2.33. The highest BCUT2D eigenvalue weighted by molar-refractivity contribution is 5.80. The lowest BCUT2D eigenvalue weighted by Crippen LogP contribution is -2.45. The predicted molar refractivity (Wildman–Crippen MR) is 74.2 cm³/mol. The molecular formula is C15H29NO2. The van der Waals surface area contributed by atoms with E-state index in [4.69, 9.17) is 0 Å². The van der Waals surface area contributed by atoms with Crippen LogP contribution in [0.3, 0.4) is 0 Å². The van der Waals surface area contributed by atoms with Crippen molar-refractivity contribution in [3.8, 4) is 0 Å². The Morgan fingerprint density at radius 3 is 2.22 bits per heavy atom. The van der Waals surface area contributed by atoms with E-state index in [1.165, 1.54) is 0 Å². The Bertz CT molecular complexity index is 275. The van der Waals surface area contributed by atoms with Crippen molar-refractivity contribution < 1.29 is 9.90 Å². The van der Waals surface area contributed by atoms with Gasteiger partial charge in [0.15, 0.2) is 0 Å². The third-order valence-electron chi connectivity index (χ3n) is 4.60. The van der Waals surface area contributed by atoms with E-state index in [-0.39, 0.29) is 5.91 Å². The molecule has 0 radical (unpaired) electrons. The molecule has 0 aromatic rings. The SMILES string of the molecule is CCC(O)C(=O)N1CCC([C@@H](C)C(C)(C)C)CC1. The molecule has 1 rings (SSSR count). The van der Waals surface area contributed by atoms with Crippen molar-refractivity contribution in [2.45, 2.75) is 60.0 Å². The van der Waals surface area contributed by atoms with Gasteiger partial charge < -0.3 is 10.0 Å². The second-order valence-corrected chi connectivity index (χ2v) is 6.74. The summed E-state index contributed by atoms with van der Waals surface area (Å²) < 4.78 is 0. The molecule has 1 amide bonds. The van der Waals surface area contributed by atoms with Crippen LogP contribution in [0.25, 0.3) is 0 Å². The quantitative estimate of drug-likeness (QED) is 0.842. The zero-order valence-electron chi connectivity index (χ0n) is 12.6. The zero-order valence-corrected chi connectivity index (χ0v) is 12.6. The smallest absolute Gasteiger partial charge is 0.251 e. The number of rotatable bonds is 3. The van der Waals surface area contributed by atoms with Gasteiger partial charge in [-0.05, 0) is 36.5 Å². The summed E-state index contributed by atoms with van der Waals surface area (Å²) in [6.45, 7) is 12.6. The maximum atomic E-state index is 11.9. The van der Waals surface area contributed by atoms with Gasteiger partial charge in [0.2, 0.25) is 0 Å². The molecule has 0 aromatic heterocycles. The van der Waals surface area contributed by atoms with E-state index in [0.717, 1.165) is 25.9 Å². The average molecular weight is 255 g/mol. The number of likely N-dealkylation sites (tertiary alicyclic amines) is 1. The monoisotopic (exact) mass is 255 g/mol. The Hall–Kier alpha value is -0.570. The second-order valence-electron chi connectivity index (χ2n) is 6.74. The first-order chi connectivity index (χ1) is 8.27. The van der Waals surface area contributed by atoms with Gasteiger partial charge in [-0.1, -0.05) is 34.6 Å². The summed E-state index contributed by atoms with van der Waals surface area (Å²) in [5.74, 6) is 1.29. The Morgan fingerprint density at radius 1 is 1.33 bits per heavy atom. The van der Waals surface area contributed by atoms with E-state index < -0.39 is 6.10 Å². The van der Waals surface area contributed by atoms with Gasteiger partial charge in [0.25, 0.3) is 5.91 Å². The van der Waals surface area contributed by atoms with E-state index in [1.807, 2.05) is 11.8 Å². The highest BCUT2D eigenvalue weighted by Crippen LogP contribution is 2.37. The van der Waals surface area contributed by atoms with Crippen molar-refractivity contribution in [2.75, 3.05) is 13.1 Å². The third-order valence-corrected chi connectivity index (χ3v) is 4.60. The van der Waals surface area contributed by atoms with Gasteiger partial charge in [0.05, 0.1) is 0 Å². The van der Waals surface area contributed by atoms with E-state index in [2.05, 4.69) is 27.7 Å². The fourth-order valence-corrected chi connectivity index (χ4v) is 2.71. The van der Waals surface area contributed by atoms with Crippen molar-refractivity contribution in [1.29, 1.82) is 0 Å². The van der Waals surface area contributed by atoms with Crippen LogP contribution in [0.15, 0.2) is 0 Å². The van der Waals surface area contributed by atoms with Crippen LogP contribution in [0.2, 0.25) is 0 Å². The lowest BCUT2D eigenvalue weighted by atomic mass is 9.71. The summed E-state index contributed by atoms with van der Waals surface area (Å²) in [5.41, 5.74) is 0.333. The molecule has 0 aromatic carbocycles. The molecule has 0 saturated carbocycles. The first-order valence-corrected chi connectivity index (χ1v) is 7.24. The van der Waals surface area contributed by atoms with Crippen molar-refractivity contribution >= 4 is 5.91 Å². The largest absolute Gasteiger partial charge is 0.383 e. The number of hydrogen-bond acceptors (Lipinski definition) is 2. The molecule has 1 saturated heterocycles. The van der Waals surface area contributed by atoms with Crippen LogP contribution >= 0.6 is 0 Å². The lowest BCUT2D eigenvalue weighted by Gasteiger charge is -2.40. The van der Waals surface area contributed by atoms with Gasteiger partial charge in [-0.3, -0.25) is 4.79 Å². The number of piperidine rings is 1. The van der Waals surface area contributed by atoms with Gasteiger partial charge in [-0.25, -0.2) is 0 Å². The molecule has 1 unspecified atom stereocenters. The van der Waals surface area contributed by atoms with Crippen LogP contribution < -0.4 is 0 Å². The molecule has 1 N–H and O–H groups in total. The Labute approximate surface area is 112 Å². The minimum absolute atomic E-state index is 0.0839. The molecule has 1 aliphatic heterocycles. The first-order valence-electron chi connectivity index (χ1n) is 7.24. The average Bonchev–Trinajstić information content (AvgIpc) is 2.35. The molecule has 1 heterocycles. The van der Waals surface area contributed by atoms with E-state index >= 15 is 0 Å². The van der Waals surface area contributed by atoms with Gasteiger partial charge in [0.1, 0.15) is 6.10 Å². The summed E-state index contributed by atoms with van der Waals surface area (Å²) in [6.07, 6.45) is 1.85. The summed E-state index contributed by atoms with van der Waals surface area (Å²) in [4.78, 5) is 13.7. The number of hydrogen-bond donors (Lipinski definition) is 1. The molecule has 0 aliphatic carbocycles. The topological polar surface area (TPSA) is 40.5 Å². The minimum atomic E-state index is -0.804. The minimum Gasteiger partial charge on any atom is -0.383 e. The van der Waals surface area contributed by atoms with Crippen molar-refractivity contribution in [3.05, 3.63) is 0 Å². The van der Waals surface area contributed by atoms with E-state index in [0.29, 0.717) is 23.7 Å². The number of aliphatic hydroxyl groups is 1. The first kappa shape index (κ1) is 15.5. The molecule has 0 spiro atoms. The molecule has 1 aliphatic rings. The Balaban J connectivity index is 2.49. The zero-order chi connectivity index (χ0) is 13.9. The molecule has 2 atom stereocenters. The number of amides is 1. The van der Waals surface area contributed by atoms with Gasteiger partial charge in [-0.2, -0.15) is 0 Å². The summed E-state index contributed by atoms with van der Waals surface area (Å²) in [5, 5.41) is 9.59. The van der Waals surface area contributed by atoms with Crippen molar-refractivity contribution in [3.63, 3.8) is 0 Å². The number of carbonyl (C=O) groups is 1. The maximum absolute atomic E-state index is 11.9. The fraction of sp³-hybridized carbons (Fsp3) is 0.933. The van der Waals surface area contributed by atoms with Crippen molar-refractivity contribution in [1.82, 2.24) is 4.90 Å². The van der Waals surface area contributed by atoms with Crippen molar-refractivity contribution in [2.24, 2.45) is 17.3 Å². The summed E-state index contributed by atoms with van der Waals surface area (Å²) >= 11 is 0. The second kappa shape index (κ2) is 6.05. The maximum Gasteiger partial charge on any atom is 0.251 e. The Morgan fingerprint density at radius 2 is 1.83 bits per heavy atom. The predicted octanol–water partition coefficient (Wildman–Crippen LogP) is 2.68. The molecule has 1 fully saturated rings. The number of carbonyl (C=O) groups excluding carboxylic acids is 1. The molecular weight excluding hydrogens is 226 g/mol. The van der Waals surface area contributed by atoms with Crippen LogP contribution in [0, 0.1) is 17.3 Å². The van der Waals surface area contributed by atoms with E-state index in [9.17, 15) is 9.90 Å². The molecule has 0 bridgehead atoms. The van der Waals surface area contributed by atoms with Gasteiger partial charge in [0, 0.05) is 13.1 Å². The third kappa shape index (κ3) is 3.71. The standard InChI is InChI=1S/C15H29NO2/c1-6-13(17)14(18)16-9-7-12(8-10-16)11(2)15(3,4)5/h11-13,17H,6-10H2,1-5H3/t11-,13?/m1/s1. The van der Waals surface area contributed by atoms with Gasteiger partial charge in [-0.15, -0.1) is 0 Å². The number of aliphatic hydroxyl groups excluding tert-OH is 1. The normalized spacial score (nSPS) is 21.8. The molecule has 18 heavy (non-hydrogen) atoms. The molecule has 3 heteroatoms. The van der Waals surface area contributed by atoms with Crippen LogP contribution in [-0.4, -0.2) is 35.1 Å².